The van der Waals surface area contributed by atoms with Crippen molar-refractivity contribution in [3.63, 3.8) is 0 Å². The number of amides is 1. The minimum Gasteiger partial charge on any atom is -0.507 e. The Kier molecular flexibility index (Phi) is 8.44. The molecular formula is C29H36N2O5. The van der Waals surface area contributed by atoms with Crippen molar-refractivity contribution in [1.29, 1.82) is 0 Å². The van der Waals surface area contributed by atoms with Crippen molar-refractivity contribution in [3.8, 4) is 5.75 Å². The van der Waals surface area contributed by atoms with Crippen LogP contribution in [0, 0.1) is 13.8 Å². The van der Waals surface area contributed by atoms with E-state index in [1.165, 1.54) is 0 Å². The molecule has 2 aromatic rings. The average molecular weight is 493 g/mol. The molecule has 1 amide bonds. The summed E-state index contributed by atoms with van der Waals surface area (Å²) in [5, 5.41) is 11.4. The summed E-state index contributed by atoms with van der Waals surface area (Å²) in [5.74, 6) is -0.621. The zero-order chi connectivity index (χ0) is 25.7. The second-order valence-electron chi connectivity index (χ2n) is 9.54. The number of aliphatic hydroxyl groups excluding tert-OH is 1. The van der Waals surface area contributed by atoms with Crippen molar-refractivity contribution in [3.05, 3.63) is 70.3 Å². The van der Waals surface area contributed by atoms with Crippen LogP contribution >= 0.6 is 0 Å². The van der Waals surface area contributed by atoms with Gasteiger partial charge in [-0.1, -0.05) is 36.8 Å². The van der Waals surface area contributed by atoms with Crippen LogP contribution < -0.4 is 4.74 Å². The van der Waals surface area contributed by atoms with E-state index in [-0.39, 0.29) is 11.3 Å². The Morgan fingerprint density at radius 2 is 1.78 bits per heavy atom. The van der Waals surface area contributed by atoms with E-state index in [1.807, 2.05) is 45.0 Å². The molecule has 1 N–H and O–H groups in total. The monoisotopic (exact) mass is 492 g/mol. The molecule has 1 unspecified atom stereocenters. The highest BCUT2D eigenvalue weighted by Crippen LogP contribution is 2.40. The molecule has 0 radical (unpaired) electrons. The van der Waals surface area contributed by atoms with Gasteiger partial charge in [-0.25, -0.2) is 0 Å². The number of hydrogen-bond acceptors (Lipinski definition) is 6. The van der Waals surface area contributed by atoms with E-state index < -0.39 is 17.7 Å². The zero-order valence-electron chi connectivity index (χ0n) is 21.5. The standard InChI is InChI=1S/C29H36N2O5/c1-4-16-36-24-11-10-23(19-21(24)3)27(32)25-26(22-8-6-20(2)7-9-22)31(29(34)28(25)33)13-5-12-30-14-17-35-18-15-30/h6-11,19,26,32H,4-5,12-18H2,1-3H3/b27-25+. The third kappa shape index (κ3) is 5.63. The minimum absolute atomic E-state index is 0.136. The number of carbonyl (C=O) groups is 2. The summed E-state index contributed by atoms with van der Waals surface area (Å²) in [7, 11) is 0. The molecule has 0 aliphatic carbocycles. The molecule has 36 heavy (non-hydrogen) atoms. The summed E-state index contributed by atoms with van der Waals surface area (Å²) in [4.78, 5) is 30.4. The molecule has 0 saturated carbocycles. The number of likely N-dealkylation sites (tertiary alicyclic amines) is 1. The van der Waals surface area contributed by atoms with Gasteiger partial charge < -0.3 is 19.5 Å². The predicted molar refractivity (Wildman–Crippen MR) is 139 cm³/mol. The summed E-state index contributed by atoms with van der Waals surface area (Å²) in [5.41, 5.74) is 3.39. The van der Waals surface area contributed by atoms with Gasteiger partial charge in [0.05, 0.1) is 31.4 Å². The van der Waals surface area contributed by atoms with Crippen molar-refractivity contribution in [2.75, 3.05) is 46.0 Å². The van der Waals surface area contributed by atoms with E-state index in [0.717, 1.165) is 68.1 Å². The van der Waals surface area contributed by atoms with E-state index in [2.05, 4.69) is 4.90 Å². The quantitative estimate of drug-likeness (QED) is 0.321. The summed E-state index contributed by atoms with van der Waals surface area (Å²) >= 11 is 0. The predicted octanol–water partition coefficient (Wildman–Crippen LogP) is 4.24. The molecule has 2 aliphatic heterocycles. The molecule has 192 valence electrons. The van der Waals surface area contributed by atoms with Crippen LogP contribution in [0.5, 0.6) is 5.75 Å². The van der Waals surface area contributed by atoms with Crippen LogP contribution in [0.25, 0.3) is 5.76 Å². The highest BCUT2D eigenvalue weighted by molar-refractivity contribution is 6.46. The van der Waals surface area contributed by atoms with Gasteiger partial charge in [0, 0.05) is 31.7 Å². The van der Waals surface area contributed by atoms with E-state index in [9.17, 15) is 14.7 Å². The number of ether oxygens (including phenoxy) is 2. The van der Waals surface area contributed by atoms with Gasteiger partial charge in [0.2, 0.25) is 0 Å². The molecule has 7 heteroatoms. The Morgan fingerprint density at radius 3 is 2.44 bits per heavy atom. The first-order valence-electron chi connectivity index (χ1n) is 12.8. The van der Waals surface area contributed by atoms with Gasteiger partial charge in [-0.3, -0.25) is 14.5 Å². The molecule has 0 aromatic heterocycles. The van der Waals surface area contributed by atoms with Crippen molar-refractivity contribution >= 4 is 17.4 Å². The number of rotatable bonds is 9. The summed E-state index contributed by atoms with van der Waals surface area (Å²) in [6.45, 7) is 11.0. The number of aliphatic hydroxyl groups is 1. The third-order valence-corrected chi connectivity index (χ3v) is 6.82. The highest BCUT2D eigenvalue weighted by atomic mass is 16.5. The largest absolute Gasteiger partial charge is 0.507 e. The lowest BCUT2D eigenvalue weighted by molar-refractivity contribution is -0.140. The van der Waals surface area contributed by atoms with E-state index in [0.29, 0.717) is 18.7 Å². The number of nitrogens with zero attached hydrogens (tertiary/aromatic N) is 2. The number of benzene rings is 2. The Morgan fingerprint density at radius 1 is 1.06 bits per heavy atom. The number of Topliss-reactive ketones (excluding diaryl/α,β-unsaturated/α-hetero) is 1. The van der Waals surface area contributed by atoms with Gasteiger partial charge in [-0.05, 0) is 56.0 Å². The summed E-state index contributed by atoms with van der Waals surface area (Å²) in [6, 6.07) is 12.5. The molecule has 2 fully saturated rings. The maximum absolute atomic E-state index is 13.3. The van der Waals surface area contributed by atoms with Crippen molar-refractivity contribution in [2.24, 2.45) is 0 Å². The number of hydrogen-bond donors (Lipinski definition) is 1. The first-order chi connectivity index (χ1) is 17.4. The third-order valence-electron chi connectivity index (χ3n) is 6.82. The van der Waals surface area contributed by atoms with E-state index >= 15 is 0 Å². The fraction of sp³-hybridized carbons (Fsp3) is 0.448. The lowest BCUT2D eigenvalue weighted by Gasteiger charge is -2.29. The molecular weight excluding hydrogens is 456 g/mol. The lowest BCUT2D eigenvalue weighted by atomic mass is 9.94. The smallest absolute Gasteiger partial charge is 0.295 e. The van der Waals surface area contributed by atoms with Crippen LogP contribution in [0.3, 0.4) is 0 Å². The fourth-order valence-electron chi connectivity index (χ4n) is 4.82. The lowest BCUT2D eigenvalue weighted by Crippen LogP contribution is -2.38. The summed E-state index contributed by atoms with van der Waals surface area (Å²) in [6.07, 6.45) is 1.63. The van der Waals surface area contributed by atoms with Gasteiger partial charge in [0.15, 0.2) is 0 Å². The summed E-state index contributed by atoms with van der Waals surface area (Å²) < 4.78 is 11.2. The van der Waals surface area contributed by atoms with Gasteiger partial charge >= 0.3 is 0 Å². The molecule has 7 nitrogen and oxygen atoms in total. The molecule has 0 spiro atoms. The normalized spacial score (nSPS) is 20.2. The van der Waals surface area contributed by atoms with Crippen LogP contribution in [-0.4, -0.2) is 72.6 Å². The first kappa shape index (κ1) is 25.9. The number of ketones is 1. The maximum Gasteiger partial charge on any atom is 0.295 e. The molecule has 2 saturated heterocycles. The van der Waals surface area contributed by atoms with Crippen molar-refractivity contribution in [2.45, 2.75) is 39.7 Å². The molecule has 1 atom stereocenters. The van der Waals surface area contributed by atoms with Gasteiger partial charge in [-0.15, -0.1) is 0 Å². The average Bonchev–Trinajstić information content (AvgIpc) is 3.13. The number of aryl methyl sites for hydroxylation is 2. The Balaban J connectivity index is 1.66. The topological polar surface area (TPSA) is 79.3 Å². The van der Waals surface area contributed by atoms with Gasteiger partial charge in [-0.2, -0.15) is 0 Å². The van der Waals surface area contributed by atoms with Crippen LogP contribution in [-0.2, 0) is 14.3 Å². The second kappa shape index (κ2) is 11.7. The molecule has 2 aliphatic rings. The molecule has 2 aromatic carbocycles. The van der Waals surface area contributed by atoms with E-state index in [4.69, 9.17) is 9.47 Å². The number of morpholine rings is 1. The first-order valence-corrected chi connectivity index (χ1v) is 12.8. The second-order valence-corrected chi connectivity index (χ2v) is 9.54. The van der Waals surface area contributed by atoms with Crippen LogP contribution in [0.15, 0.2) is 48.0 Å². The molecule has 0 bridgehead atoms. The highest BCUT2D eigenvalue weighted by Gasteiger charge is 2.45. The maximum atomic E-state index is 13.3. The van der Waals surface area contributed by atoms with Gasteiger partial charge in [0.1, 0.15) is 11.5 Å². The zero-order valence-corrected chi connectivity index (χ0v) is 21.5. The minimum atomic E-state index is -0.645. The SMILES string of the molecule is CCCOc1ccc(/C(O)=C2\C(=O)C(=O)N(CCCN3CCOCC3)C2c2ccc(C)cc2)cc1C. The fourth-order valence-corrected chi connectivity index (χ4v) is 4.82. The molecule has 2 heterocycles. The van der Waals surface area contributed by atoms with Gasteiger partial charge in [0.25, 0.3) is 11.7 Å². The van der Waals surface area contributed by atoms with E-state index in [1.54, 1.807) is 23.1 Å². The Bertz CT molecular complexity index is 1120. The Labute approximate surface area is 213 Å². The van der Waals surface area contributed by atoms with Crippen LogP contribution in [0.2, 0.25) is 0 Å². The van der Waals surface area contributed by atoms with Crippen LogP contribution in [0.1, 0.15) is 48.1 Å². The Hall–Kier alpha value is -3.16. The van der Waals surface area contributed by atoms with Crippen LogP contribution in [0.4, 0.5) is 0 Å². The van der Waals surface area contributed by atoms with Crippen molar-refractivity contribution in [1.82, 2.24) is 9.80 Å². The molecule has 4 rings (SSSR count). The van der Waals surface area contributed by atoms with Crippen molar-refractivity contribution < 1.29 is 24.2 Å². The number of carbonyl (C=O) groups excluding carboxylic acids is 2.